The van der Waals surface area contributed by atoms with Gasteiger partial charge in [-0.15, -0.1) is 0 Å². The van der Waals surface area contributed by atoms with E-state index < -0.39 is 0 Å². The zero-order valence-electron chi connectivity index (χ0n) is 9.19. The lowest BCUT2D eigenvalue weighted by Gasteiger charge is -2.20. The van der Waals surface area contributed by atoms with E-state index in [0.29, 0.717) is 6.42 Å². The molecule has 0 bridgehead atoms. The molecule has 0 aromatic carbocycles. The molecular weight excluding hydrogens is 175 g/mol. The topological polar surface area (TPSA) is 0 Å². The van der Waals surface area contributed by atoms with E-state index in [4.69, 9.17) is 0 Å². The molecule has 0 nitrogen and oxygen atoms in total. The van der Waals surface area contributed by atoms with Gasteiger partial charge in [-0.1, -0.05) is 44.8 Å². The van der Waals surface area contributed by atoms with Gasteiger partial charge in [-0.2, -0.15) is 0 Å². The van der Waals surface area contributed by atoms with Crippen LogP contribution >= 0.6 is 0 Å². The van der Waals surface area contributed by atoms with Crippen LogP contribution in [0.4, 0.5) is 4.39 Å². The SMILES string of the molecule is CCC(F)=C=CCCC1CCCCC1. The normalized spacial score (nSPS) is 17.6. The summed E-state index contributed by atoms with van der Waals surface area (Å²) in [4.78, 5) is 0. The number of halogens is 1. The molecule has 1 fully saturated rings. The van der Waals surface area contributed by atoms with E-state index in [9.17, 15) is 4.39 Å². The van der Waals surface area contributed by atoms with Gasteiger partial charge in [-0.05, 0) is 24.8 Å². The van der Waals surface area contributed by atoms with E-state index in [-0.39, 0.29) is 5.83 Å². The van der Waals surface area contributed by atoms with Crippen molar-refractivity contribution in [1.82, 2.24) is 0 Å². The summed E-state index contributed by atoms with van der Waals surface area (Å²) in [5.74, 6) is 0.778. The average Bonchev–Trinajstić information content (AvgIpc) is 2.25. The van der Waals surface area contributed by atoms with Crippen molar-refractivity contribution >= 4 is 0 Å². The molecule has 14 heavy (non-hydrogen) atoms. The highest BCUT2D eigenvalue weighted by atomic mass is 19.1. The summed E-state index contributed by atoms with van der Waals surface area (Å²) in [6.45, 7) is 1.82. The molecule has 80 valence electrons. The standard InChI is InChI=1S/C13H21F/c1-2-13(14)11-7-6-10-12-8-4-3-5-9-12/h7,12H,2-6,8-10H2,1H3. The smallest absolute Gasteiger partial charge is 0.141 e. The van der Waals surface area contributed by atoms with Gasteiger partial charge in [-0.3, -0.25) is 0 Å². The molecule has 1 rings (SSSR count). The highest BCUT2D eigenvalue weighted by Crippen LogP contribution is 2.27. The minimum Gasteiger partial charge on any atom is -0.203 e. The minimum atomic E-state index is -0.117. The summed E-state index contributed by atoms with van der Waals surface area (Å²) in [5, 5.41) is 0. The molecule has 0 unspecified atom stereocenters. The summed E-state index contributed by atoms with van der Waals surface area (Å²) >= 11 is 0. The van der Waals surface area contributed by atoms with E-state index in [2.05, 4.69) is 5.73 Å². The second-order valence-corrected chi connectivity index (χ2v) is 4.19. The van der Waals surface area contributed by atoms with Gasteiger partial charge in [-0.25, -0.2) is 4.39 Å². The van der Waals surface area contributed by atoms with Crippen LogP contribution in [0.3, 0.4) is 0 Å². The van der Waals surface area contributed by atoms with E-state index in [0.717, 1.165) is 12.3 Å². The van der Waals surface area contributed by atoms with Gasteiger partial charge in [0, 0.05) is 6.42 Å². The molecule has 0 amide bonds. The first kappa shape index (κ1) is 11.5. The van der Waals surface area contributed by atoms with Crippen LogP contribution < -0.4 is 0 Å². The zero-order chi connectivity index (χ0) is 10.2. The molecule has 1 aliphatic carbocycles. The maximum Gasteiger partial charge on any atom is 0.141 e. The average molecular weight is 196 g/mol. The van der Waals surface area contributed by atoms with Crippen molar-refractivity contribution in [3.63, 3.8) is 0 Å². The molecule has 0 aliphatic heterocycles. The van der Waals surface area contributed by atoms with Crippen molar-refractivity contribution in [2.45, 2.75) is 58.3 Å². The predicted molar refractivity (Wildman–Crippen MR) is 58.8 cm³/mol. The van der Waals surface area contributed by atoms with Crippen LogP contribution in [0.1, 0.15) is 58.3 Å². The quantitative estimate of drug-likeness (QED) is 0.568. The monoisotopic (exact) mass is 196 g/mol. The first-order valence-electron chi connectivity index (χ1n) is 5.92. The van der Waals surface area contributed by atoms with Gasteiger partial charge in [0.25, 0.3) is 0 Å². The molecule has 0 spiro atoms. The van der Waals surface area contributed by atoms with Crippen LogP contribution in [0.25, 0.3) is 0 Å². The third-order valence-electron chi connectivity index (χ3n) is 3.01. The third-order valence-corrected chi connectivity index (χ3v) is 3.01. The molecule has 0 saturated heterocycles. The molecule has 0 N–H and O–H groups in total. The van der Waals surface area contributed by atoms with Gasteiger partial charge >= 0.3 is 0 Å². The molecule has 0 atom stereocenters. The second kappa shape index (κ2) is 6.84. The van der Waals surface area contributed by atoms with Gasteiger partial charge in [0.2, 0.25) is 0 Å². The highest BCUT2D eigenvalue weighted by Gasteiger charge is 2.11. The summed E-state index contributed by atoms with van der Waals surface area (Å²) in [6.07, 6.45) is 11.5. The van der Waals surface area contributed by atoms with Crippen molar-refractivity contribution in [2.24, 2.45) is 5.92 Å². The molecule has 0 aromatic heterocycles. The summed E-state index contributed by atoms with van der Waals surface area (Å²) < 4.78 is 12.7. The van der Waals surface area contributed by atoms with E-state index in [1.807, 2.05) is 13.0 Å². The fourth-order valence-electron chi connectivity index (χ4n) is 2.08. The summed E-state index contributed by atoms with van der Waals surface area (Å²) in [6, 6.07) is 0. The fraction of sp³-hybridized carbons (Fsp3) is 0.769. The Kier molecular flexibility index (Phi) is 5.63. The summed E-state index contributed by atoms with van der Waals surface area (Å²) in [7, 11) is 0. The van der Waals surface area contributed by atoms with Gasteiger partial charge < -0.3 is 0 Å². The van der Waals surface area contributed by atoms with Crippen molar-refractivity contribution in [2.75, 3.05) is 0 Å². The Morgan fingerprint density at radius 3 is 2.71 bits per heavy atom. The van der Waals surface area contributed by atoms with Crippen molar-refractivity contribution < 1.29 is 4.39 Å². The molecule has 0 aromatic rings. The van der Waals surface area contributed by atoms with Crippen LogP contribution in [-0.2, 0) is 0 Å². The Morgan fingerprint density at radius 1 is 1.36 bits per heavy atom. The summed E-state index contributed by atoms with van der Waals surface area (Å²) in [5.41, 5.74) is 2.70. The van der Waals surface area contributed by atoms with Gasteiger partial charge in [0.15, 0.2) is 0 Å². The molecular formula is C13H21F. The maximum atomic E-state index is 12.7. The minimum absolute atomic E-state index is 0.117. The Balaban J connectivity index is 2.16. The largest absolute Gasteiger partial charge is 0.203 e. The van der Waals surface area contributed by atoms with Crippen LogP contribution in [0, 0.1) is 5.92 Å². The van der Waals surface area contributed by atoms with E-state index in [1.165, 1.54) is 38.5 Å². The number of rotatable bonds is 4. The highest BCUT2D eigenvalue weighted by molar-refractivity contribution is 4.91. The van der Waals surface area contributed by atoms with Crippen LogP contribution in [0.2, 0.25) is 0 Å². The first-order valence-corrected chi connectivity index (χ1v) is 5.92. The zero-order valence-corrected chi connectivity index (χ0v) is 9.19. The van der Waals surface area contributed by atoms with E-state index in [1.54, 1.807) is 0 Å². The molecule has 0 heterocycles. The Hall–Kier alpha value is -0.550. The van der Waals surface area contributed by atoms with Crippen molar-refractivity contribution in [3.8, 4) is 0 Å². The van der Waals surface area contributed by atoms with Gasteiger partial charge in [0.1, 0.15) is 5.83 Å². The first-order chi connectivity index (χ1) is 6.83. The Labute approximate surface area is 86.9 Å². The Bertz CT molecular complexity index is 205. The van der Waals surface area contributed by atoms with Crippen molar-refractivity contribution in [3.05, 3.63) is 17.6 Å². The second-order valence-electron chi connectivity index (χ2n) is 4.19. The molecule has 0 radical (unpaired) electrons. The van der Waals surface area contributed by atoms with Crippen molar-refractivity contribution in [1.29, 1.82) is 0 Å². The van der Waals surface area contributed by atoms with Crippen LogP contribution in [0.5, 0.6) is 0 Å². The lowest BCUT2D eigenvalue weighted by Crippen LogP contribution is -2.05. The molecule has 1 saturated carbocycles. The maximum absolute atomic E-state index is 12.7. The lowest BCUT2D eigenvalue weighted by molar-refractivity contribution is 0.341. The Morgan fingerprint density at radius 2 is 2.07 bits per heavy atom. The third kappa shape index (κ3) is 4.62. The van der Waals surface area contributed by atoms with Gasteiger partial charge in [0.05, 0.1) is 0 Å². The fourth-order valence-corrected chi connectivity index (χ4v) is 2.08. The molecule has 1 aliphatic rings. The number of hydrogen-bond acceptors (Lipinski definition) is 0. The molecule has 1 heteroatoms. The lowest BCUT2D eigenvalue weighted by atomic mass is 9.86. The van der Waals surface area contributed by atoms with Crippen LogP contribution in [-0.4, -0.2) is 0 Å². The van der Waals surface area contributed by atoms with Crippen LogP contribution in [0.15, 0.2) is 17.6 Å². The predicted octanol–water partition coefficient (Wildman–Crippen LogP) is 4.77. The number of allylic oxidation sites excluding steroid dienone is 1. The number of hydrogen-bond donors (Lipinski definition) is 0. The van der Waals surface area contributed by atoms with E-state index >= 15 is 0 Å².